The van der Waals surface area contributed by atoms with E-state index in [9.17, 15) is 4.79 Å². The van der Waals surface area contributed by atoms with Crippen LogP contribution in [0, 0.1) is 11.8 Å². The number of pyridine rings is 1. The number of anilines is 1. The maximum atomic E-state index is 11.5. The number of nitrogens with one attached hydrogen (secondary N) is 1. The monoisotopic (exact) mass is 226 g/mol. The van der Waals surface area contributed by atoms with E-state index in [1.807, 2.05) is 0 Å². The third-order valence-electron chi connectivity index (χ3n) is 2.47. The second kappa shape index (κ2) is 4.16. The van der Waals surface area contributed by atoms with Gasteiger partial charge in [0.2, 0.25) is 5.91 Å². The van der Waals surface area contributed by atoms with Crippen molar-refractivity contribution in [3.63, 3.8) is 0 Å². The molecular formula is C10H11ClN2O2. The summed E-state index contributed by atoms with van der Waals surface area (Å²) in [5.74, 6) is 0.474. The fourth-order valence-corrected chi connectivity index (χ4v) is 1.55. The van der Waals surface area contributed by atoms with Crippen LogP contribution in [0.1, 0.15) is 6.42 Å². The summed E-state index contributed by atoms with van der Waals surface area (Å²) in [7, 11) is 0. The van der Waals surface area contributed by atoms with Gasteiger partial charge in [0.15, 0.2) is 0 Å². The molecule has 1 aliphatic rings. The van der Waals surface area contributed by atoms with Crippen molar-refractivity contribution in [1.29, 1.82) is 0 Å². The molecule has 0 aromatic carbocycles. The molecule has 1 aromatic heterocycles. The normalized spacial score (nSPS) is 23.6. The topological polar surface area (TPSA) is 62.2 Å². The van der Waals surface area contributed by atoms with Crippen LogP contribution in [-0.4, -0.2) is 22.6 Å². The first-order valence-corrected chi connectivity index (χ1v) is 5.12. The Hall–Kier alpha value is -1.13. The third kappa shape index (κ3) is 2.46. The fourth-order valence-electron chi connectivity index (χ4n) is 1.44. The van der Waals surface area contributed by atoms with Crippen molar-refractivity contribution < 1.29 is 9.90 Å². The van der Waals surface area contributed by atoms with Crippen molar-refractivity contribution in [2.24, 2.45) is 11.8 Å². The van der Waals surface area contributed by atoms with E-state index in [1.165, 1.54) is 6.20 Å². The van der Waals surface area contributed by atoms with Crippen molar-refractivity contribution in [2.75, 3.05) is 11.9 Å². The first kappa shape index (κ1) is 10.4. The molecule has 1 aromatic rings. The predicted molar refractivity (Wildman–Crippen MR) is 56.6 cm³/mol. The van der Waals surface area contributed by atoms with Gasteiger partial charge in [0.25, 0.3) is 0 Å². The highest BCUT2D eigenvalue weighted by Crippen LogP contribution is 2.38. The first-order valence-electron chi connectivity index (χ1n) is 4.74. The Kier molecular flexibility index (Phi) is 2.88. The molecular weight excluding hydrogens is 216 g/mol. The van der Waals surface area contributed by atoms with Crippen molar-refractivity contribution in [2.45, 2.75) is 6.42 Å². The molecule has 0 bridgehead atoms. The van der Waals surface area contributed by atoms with E-state index in [2.05, 4.69) is 10.3 Å². The second-order valence-corrected chi connectivity index (χ2v) is 4.07. The SMILES string of the molecule is O=C(Nc1ccc(Cl)cn1)[C@@H]1CC1CO. The zero-order valence-corrected chi connectivity index (χ0v) is 8.74. The number of rotatable bonds is 3. The summed E-state index contributed by atoms with van der Waals surface area (Å²) >= 11 is 5.66. The Morgan fingerprint density at radius 3 is 3.00 bits per heavy atom. The first-order chi connectivity index (χ1) is 7.20. The number of aliphatic hydroxyl groups is 1. The van der Waals surface area contributed by atoms with Gasteiger partial charge in [-0.05, 0) is 24.5 Å². The Labute approximate surface area is 92.3 Å². The number of nitrogens with zero attached hydrogens (tertiary/aromatic N) is 1. The number of aromatic nitrogens is 1. The summed E-state index contributed by atoms with van der Waals surface area (Å²) in [6.07, 6.45) is 2.24. The van der Waals surface area contributed by atoms with Gasteiger partial charge < -0.3 is 10.4 Å². The largest absolute Gasteiger partial charge is 0.396 e. The summed E-state index contributed by atoms with van der Waals surface area (Å²) in [6.45, 7) is 0.0755. The van der Waals surface area contributed by atoms with E-state index in [4.69, 9.17) is 16.7 Å². The van der Waals surface area contributed by atoms with Gasteiger partial charge >= 0.3 is 0 Å². The van der Waals surface area contributed by atoms with E-state index in [0.717, 1.165) is 6.42 Å². The molecule has 5 heteroatoms. The molecule has 0 spiro atoms. The van der Waals surface area contributed by atoms with Gasteiger partial charge in [-0.3, -0.25) is 4.79 Å². The summed E-state index contributed by atoms with van der Waals surface area (Å²) < 4.78 is 0. The zero-order chi connectivity index (χ0) is 10.8. The van der Waals surface area contributed by atoms with Gasteiger partial charge in [-0.25, -0.2) is 4.98 Å². The Balaban J connectivity index is 1.92. The molecule has 0 radical (unpaired) electrons. The number of amides is 1. The van der Waals surface area contributed by atoms with Crippen LogP contribution in [0.2, 0.25) is 5.02 Å². The number of carbonyl (C=O) groups is 1. The molecule has 1 unspecified atom stereocenters. The molecule has 15 heavy (non-hydrogen) atoms. The molecule has 1 fully saturated rings. The van der Waals surface area contributed by atoms with Crippen molar-refractivity contribution in [3.8, 4) is 0 Å². The maximum Gasteiger partial charge on any atom is 0.229 e. The number of carbonyl (C=O) groups excluding carboxylic acids is 1. The van der Waals surface area contributed by atoms with E-state index in [-0.39, 0.29) is 24.3 Å². The standard InChI is InChI=1S/C10H11ClN2O2/c11-7-1-2-9(12-4-7)13-10(15)8-3-6(8)5-14/h1-2,4,6,8,14H,3,5H2,(H,12,13,15)/t6?,8-/m1/s1. The van der Waals surface area contributed by atoms with Crippen molar-refractivity contribution in [1.82, 2.24) is 4.98 Å². The van der Waals surface area contributed by atoms with E-state index in [1.54, 1.807) is 12.1 Å². The van der Waals surface area contributed by atoms with Crippen LogP contribution in [0.4, 0.5) is 5.82 Å². The van der Waals surface area contributed by atoms with E-state index in [0.29, 0.717) is 10.8 Å². The Bertz CT molecular complexity index is 366. The van der Waals surface area contributed by atoms with Crippen LogP contribution in [0.15, 0.2) is 18.3 Å². The minimum absolute atomic E-state index is 0.0625. The quantitative estimate of drug-likeness (QED) is 0.817. The molecule has 1 saturated carbocycles. The van der Waals surface area contributed by atoms with Gasteiger partial charge in [-0.1, -0.05) is 11.6 Å². The molecule has 1 heterocycles. The predicted octanol–water partition coefficient (Wildman–Crippen LogP) is 1.30. The van der Waals surface area contributed by atoms with Gasteiger partial charge in [-0.15, -0.1) is 0 Å². The fraction of sp³-hybridized carbons (Fsp3) is 0.400. The Morgan fingerprint density at radius 2 is 2.47 bits per heavy atom. The number of aliphatic hydroxyl groups excluding tert-OH is 1. The highest BCUT2D eigenvalue weighted by Gasteiger charge is 2.42. The van der Waals surface area contributed by atoms with E-state index >= 15 is 0 Å². The molecule has 2 rings (SSSR count). The molecule has 4 nitrogen and oxygen atoms in total. The van der Waals surface area contributed by atoms with E-state index < -0.39 is 0 Å². The summed E-state index contributed by atoms with van der Waals surface area (Å²) in [4.78, 5) is 15.5. The lowest BCUT2D eigenvalue weighted by Gasteiger charge is -2.02. The minimum Gasteiger partial charge on any atom is -0.396 e. The highest BCUT2D eigenvalue weighted by atomic mass is 35.5. The van der Waals surface area contributed by atoms with Gasteiger partial charge in [0.1, 0.15) is 5.82 Å². The molecule has 80 valence electrons. The molecule has 2 N–H and O–H groups in total. The second-order valence-electron chi connectivity index (χ2n) is 3.64. The van der Waals surface area contributed by atoms with Crippen LogP contribution < -0.4 is 5.32 Å². The lowest BCUT2D eigenvalue weighted by Crippen LogP contribution is -2.16. The van der Waals surface area contributed by atoms with Gasteiger partial charge in [0, 0.05) is 18.7 Å². The van der Waals surface area contributed by atoms with Crippen LogP contribution in [-0.2, 0) is 4.79 Å². The zero-order valence-electron chi connectivity index (χ0n) is 7.98. The molecule has 0 saturated heterocycles. The van der Waals surface area contributed by atoms with Gasteiger partial charge in [0.05, 0.1) is 5.02 Å². The molecule has 2 atom stereocenters. The average molecular weight is 227 g/mol. The van der Waals surface area contributed by atoms with Crippen molar-refractivity contribution >= 4 is 23.3 Å². The van der Waals surface area contributed by atoms with Crippen LogP contribution in [0.25, 0.3) is 0 Å². The highest BCUT2D eigenvalue weighted by molar-refractivity contribution is 6.30. The van der Waals surface area contributed by atoms with Crippen LogP contribution >= 0.6 is 11.6 Å². The van der Waals surface area contributed by atoms with Crippen LogP contribution in [0.3, 0.4) is 0 Å². The summed E-state index contributed by atoms with van der Waals surface area (Å²) in [5, 5.41) is 12.0. The minimum atomic E-state index is -0.0797. The molecule has 1 aliphatic carbocycles. The average Bonchev–Trinajstić information content (AvgIpc) is 3.00. The molecule has 1 amide bonds. The number of halogens is 1. The van der Waals surface area contributed by atoms with Crippen LogP contribution in [0.5, 0.6) is 0 Å². The smallest absolute Gasteiger partial charge is 0.229 e. The van der Waals surface area contributed by atoms with Crippen molar-refractivity contribution in [3.05, 3.63) is 23.4 Å². The number of hydrogen-bond acceptors (Lipinski definition) is 3. The maximum absolute atomic E-state index is 11.5. The number of hydrogen-bond donors (Lipinski definition) is 2. The lowest BCUT2D eigenvalue weighted by atomic mass is 10.3. The van der Waals surface area contributed by atoms with Gasteiger partial charge in [-0.2, -0.15) is 0 Å². The molecule has 0 aliphatic heterocycles. The third-order valence-corrected chi connectivity index (χ3v) is 2.70. The summed E-state index contributed by atoms with van der Waals surface area (Å²) in [5.41, 5.74) is 0. The summed E-state index contributed by atoms with van der Waals surface area (Å²) in [6, 6.07) is 3.32. The Morgan fingerprint density at radius 1 is 1.67 bits per heavy atom. The lowest BCUT2D eigenvalue weighted by molar-refractivity contribution is -0.117.